The molecule has 6 rings (SSSR count). The molecule has 4 aromatic carbocycles. The van der Waals surface area contributed by atoms with Crippen molar-refractivity contribution >= 4 is 17.4 Å². The molecular weight excluding hydrogens is 508 g/mol. The van der Waals surface area contributed by atoms with E-state index in [0.29, 0.717) is 34.2 Å². The maximum Gasteiger partial charge on any atom is 0.256 e. The van der Waals surface area contributed by atoms with Gasteiger partial charge in [0.25, 0.3) is 5.91 Å². The van der Waals surface area contributed by atoms with Crippen LogP contribution >= 0.6 is 0 Å². The lowest BCUT2D eigenvalue weighted by Gasteiger charge is -2.33. The van der Waals surface area contributed by atoms with Gasteiger partial charge in [-0.15, -0.1) is 0 Å². The summed E-state index contributed by atoms with van der Waals surface area (Å²) in [7, 11) is 0. The first-order valence-corrected chi connectivity index (χ1v) is 14.7. The maximum absolute atomic E-state index is 13.5. The number of nitrogens with zero attached hydrogens (tertiary/aromatic N) is 1. The molecule has 4 aromatic rings. The number of hydrogen-bond acceptors (Lipinski definition) is 4. The third kappa shape index (κ3) is 6.26. The number of ether oxygens (including phenoxy) is 1. The van der Waals surface area contributed by atoms with E-state index in [2.05, 4.69) is 40.5 Å². The summed E-state index contributed by atoms with van der Waals surface area (Å²) < 4.78 is 6.02. The first-order valence-electron chi connectivity index (χ1n) is 14.7. The number of fused-ring (bicyclic) bond motifs is 1. The lowest BCUT2D eigenvalue weighted by atomic mass is 9.79. The molecule has 0 aromatic heterocycles. The van der Waals surface area contributed by atoms with E-state index in [1.807, 2.05) is 72.8 Å². The average molecular weight is 545 g/mol. The van der Waals surface area contributed by atoms with E-state index >= 15 is 0 Å². The average Bonchev–Trinajstić information content (AvgIpc) is 3.03. The molecule has 41 heavy (non-hydrogen) atoms. The van der Waals surface area contributed by atoms with Crippen molar-refractivity contribution in [3.05, 3.63) is 125 Å². The quantitative estimate of drug-likeness (QED) is 0.246. The van der Waals surface area contributed by atoms with Gasteiger partial charge in [0.15, 0.2) is 11.5 Å². The Morgan fingerprint density at radius 1 is 0.805 bits per heavy atom. The second-order valence-electron chi connectivity index (χ2n) is 11.1. The number of carbonyl (C=O) groups is 2. The molecule has 5 heteroatoms. The fourth-order valence-corrected chi connectivity index (χ4v) is 6.26. The highest BCUT2D eigenvalue weighted by molar-refractivity contribution is 6.09. The van der Waals surface area contributed by atoms with Gasteiger partial charge in [0.2, 0.25) is 0 Å². The normalized spacial score (nSPS) is 17.6. The molecule has 1 amide bonds. The van der Waals surface area contributed by atoms with Gasteiger partial charge < -0.3 is 15.0 Å². The lowest BCUT2D eigenvalue weighted by molar-refractivity contribution is 0.0877. The van der Waals surface area contributed by atoms with E-state index < -0.39 is 0 Å². The smallest absolute Gasteiger partial charge is 0.256 e. The van der Waals surface area contributed by atoms with E-state index in [1.54, 1.807) is 0 Å². The molecule has 1 fully saturated rings. The number of carbonyl (C=O) groups excluding carboxylic acids is 2. The van der Waals surface area contributed by atoms with Crippen LogP contribution in [0.4, 0.5) is 5.69 Å². The number of Topliss-reactive ketones (excluding diaryl/α,β-unsaturated/α-hetero) is 1. The van der Waals surface area contributed by atoms with Gasteiger partial charge in [-0.05, 0) is 99.1 Å². The van der Waals surface area contributed by atoms with Crippen molar-refractivity contribution in [3.8, 4) is 11.5 Å². The van der Waals surface area contributed by atoms with Crippen molar-refractivity contribution in [2.45, 2.75) is 38.0 Å². The zero-order valence-corrected chi connectivity index (χ0v) is 23.3. The zero-order chi connectivity index (χ0) is 28.0. The number of likely N-dealkylation sites (tertiary alicyclic amines) is 1. The van der Waals surface area contributed by atoms with Crippen LogP contribution < -0.4 is 10.1 Å². The lowest BCUT2D eigenvalue weighted by Crippen LogP contribution is -2.36. The van der Waals surface area contributed by atoms with Crippen LogP contribution in [0.1, 0.15) is 63.4 Å². The molecule has 1 aliphatic heterocycles. The van der Waals surface area contributed by atoms with Crippen LogP contribution in [0.3, 0.4) is 0 Å². The van der Waals surface area contributed by atoms with E-state index in [-0.39, 0.29) is 17.6 Å². The van der Waals surface area contributed by atoms with Gasteiger partial charge in [-0.3, -0.25) is 9.59 Å². The fraction of sp³-hybridized carbons (Fsp3) is 0.278. The Hall–Kier alpha value is -4.22. The summed E-state index contributed by atoms with van der Waals surface area (Å²) in [5, 5.41) is 3.02. The van der Waals surface area contributed by atoms with Gasteiger partial charge in [-0.25, -0.2) is 0 Å². The molecule has 1 saturated heterocycles. The van der Waals surface area contributed by atoms with E-state index in [4.69, 9.17) is 4.74 Å². The van der Waals surface area contributed by atoms with Gasteiger partial charge in [0, 0.05) is 17.0 Å². The number of benzene rings is 4. The van der Waals surface area contributed by atoms with Crippen LogP contribution in [0.25, 0.3) is 0 Å². The van der Waals surface area contributed by atoms with Gasteiger partial charge in [-0.2, -0.15) is 0 Å². The molecular formula is C36H36N2O3. The number of nitrogens with one attached hydrogen (secondary N) is 1. The number of amides is 1. The molecule has 0 radical (unpaired) electrons. The number of ketones is 1. The van der Waals surface area contributed by atoms with Crippen molar-refractivity contribution in [1.82, 2.24) is 4.90 Å². The summed E-state index contributed by atoms with van der Waals surface area (Å²) in [6.07, 6.45) is 4.72. The van der Waals surface area contributed by atoms with Gasteiger partial charge >= 0.3 is 0 Å². The molecule has 1 heterocycles. The van der Waals surface area contributed by atoms with Crippen LogP contribution in [0.5, 0.6) is 11.5 Å². The number of piperidine rings is 1. The number of anilines is 1. The molecule has 208 valence electrons. The Balaban J connectivity index is 1.08. The number of hydrogen-bond donors (Lipinski definition) is 1. The monoisotopic (exact) mass is 544 g/mol. The Kier molecular flexibility index (Phi) is 8.24. The van der Waals surface area contributed by atoms with E-state index in [1.165, 1.54) is 18.4 Å². The summed E-state index contributed by atoms with van der Waals surface area (Å²) >= 11 is 0. The molecule has 1 N–H and O–H groups in total. The van der Waals surface area contributed by atoms with Crippen LogP contribution in [0, 0.1) is 5.92 Å². The van der Waals surface area contributed by atoms with Crippen molar-refractivity contribution in [3.63, 3.8) is 0 Å². The summed E-state index contributed by atoms with van der Waals surface area (Å²) in [6.45, 7) is 3.11. The molecule has 0 saturated carbocycles. The maximum atomic E-state index is 13.5. The third-order valence-electron chi connectivity index (χ3n) is 8.56. The number of rotatable bonds is 8. The van der Waals surface area contributed by atoms with E-state index in [9.17, 15) is 9.59 Å². The van der Waals surface area contributed by atoms with Crippen LogP contribution in [-0.2, 0) is 6.42 Å². The van der Waals surface area contributed by atoms with Gasteiger partial charge in [0.05, 0.1) is 5.69 Å². The summed E-state index contributed by atoms with van der Waals surface area (Å²) in [5.41, 5.74) is 4.15. The molecule has 1 aliphatic carbocycles. The second-order valence-corrected chi connectivity index (χ2v) is 11.1. The highest BCUT2D eigenvalue weighted by Gasteiger charge is 2.31. The molecule has 5 nitrogen and oxygen atoms in total. The molecule has 1 atom stereocenters. The topological polar surface area (TPSA) is 58.6 Å². The minimum absolute atomic E-state index is 0.00709. The molecule has 1 unspecified atom stereocenters. The predicted octanol–water partition coefficient (Wildman–Crippen LogP) is 7.75. The van der Waals surface area contributed by atoms with E-state index in [0.717, 1.165) is 44.5 Å². The van der Waals surface area contributed by atoms with Crippen molar-refractivity contribution in [1.29, 1.82) is 0 Å². The predicted molar refractivity (Wildman–Crippen MR) is 163 cm³/mol. The Labute approximate surface area is 242 Å². The SMILES string of the molecule is O=C(Nc1ccccc1Oc1ccccc1)c1cccc2c1CCC(CCN1CCC(c3ccccc3)CC1)C2=O. The van der Waals surface area contributed by atoms with Crippen molar-refractivity contribution in [2.24, 2.45) is 5.92 Å². The van der Waals surface area contributed by atoms with Crippen molar-refractivity contribution in [2.75, 3.05) is 25.0 Å². The molecule has 0 bridgehead atoms. The first-order chi connectivity index (χ1) is 20.2. The minimum Gasteiger partial charge on any atom is -0.455 e. The highest BCUT2D eigenvalue weighted by Crippen LogP contribution is 2.34. The van der Waals surface area contributed by atoms with Crippen LogP contribution in [-0.4, -0.2) is 36.2 Å². The standard InChI is InChI=1S/C36H36N2O3/c39-35-28(22-25-38-23-20-27(21-24-38)26-10-3-1-4-11-26)18-19-30-31(35)14-9-15-32(30)36(40)37-33-16-7-8-17-34(33)41-29-12-5-2-6-13-29/h1-17,27-28H,18-25H2,(H,37,40). The fourth-order valence-electron chi connectivity index (χ4n) is 6.26. The van der Waals surface area contributed by atoms with Crippen molar-refractivity contribution < 1.29 is 14.3 Å². The van der Waals surface area contributed by atoms with Gasteiger partial charge in [-0.1, -0.05) is 72.8 Å². The Morgan fingerprint density at radius 2 is 1.51 bits per heavy atom. The van der Waals surface area contributed by atoms with Crippen LogP contribution in [0.2, 0.25) is 0 Å². The zero-order valence-electron chi connectivity index (χ0n) is 23.3. The van der Waals surface area contributed by atoms with Crippen LogP contribution in [0.15, 0.2) is 103 Å². The summed E-state index contributed by atoms with van der Waals surface area (Å²) in [4.78, 5) is 29.5. The van der Waals surface area contributed by atoms with Gasteiger partial charge in [0.1, 0.15) is 5.75 Å². The minimum atomic E-state index is -0.224. The first kappa shape index (κ1) is 27.0. The highest BCUT2D eigenvalue weighted by atomic mass is 16.5. The number of para-hydroxylation sites is 3. The molecule has 2 aliphatic rings. The Morgan fingerprint density at radius 3 is 2.29 bits per heavy atom. The third-order valence-corrected chi connectivity index (χ3v) is 8.56. The summed E-state index contributed by atoms with van der Waals surface area (Å²) in [5.74, 6) is 1.86. The largest absolute Gasteiger partial charge is 0.455 e. The Bertz CT molecular complexity index is 1490. The second kappa shape index (κ2) is 12.5. The summed E-state index contributed by atoms with van der Waals surface area (Å²) in [6, 6.07) is 33.3. The molecule has 0 spiro atoms.